The largest absolute Gasteiger partial charge is 0.481 e. The molecule has 0 aliphatic rings. The van der Waals surface area contributed by atoms with Gasteiger partial charge in [0, 0.05) is 19.5 Å². The predicted molar refractivity (Wildman–Crippen MR) is 101 cm³/mol. The minimum Gasteiger partial charge on any atom is -0.481 e. The minimum absolute atomic E-state index is 0.171. The number of hydrogen-bond donors (Lipinski definition) is 2. The number of carboxylic acid groups (broad SMARTS) is 1. The van der Waals surface area contributed by atoms with Crippen LogP contribution in [-0.2, 0) is 14.8 Å². The van der Waals surface area contributed by atoms with E-state index in [-0.39, 0.29) is 12.5 Å². The molecule has 0 amide bonds. The van der Waals surface area contributed by atoms with Crippen LogP contribution in [0.15, 0.2) is 0 Å². The van der Waals surface area contributed by atoms with Crippen molar-refractivity contribution in [2.24, 2.45) is 5.92 Å². The lowest BCUT2D eigenvalue weighted by atomic mass is 10.0. The Morgan fingerprint density at radius 1 is 0.920 bits per heavy atom. The molecule has 0 rings (SSSR count). The smallest absolute Gasteiger partial charge is 0.303 e. The van der Waals surface area contributed by atoms with Crippen LogP contribution >= 0.6 is 0 Å². The summed E-state index contributed by atoms with van der Waals surface area (Å²) >= 11 is 0. The maximum Gasteiger partial charge on any atom is 0.303 e. The standard InChI is InChI=1S/C18H37NO5S/c1-16(2)10-8-11-17(20)12-9-15-19(25(3,23)24)14-7-5-4-6-13-18(21)22/h16-17,20H,4-15H2,1-3H3,(H,21,22). The number of aliphatic carboxylic acids is 1. The van der Waals surface area contributed by atoms with Gasteiger partial charge in [-0.25, -0.2) is 12.7 Å². The average molecular weight is 380 g/mol. The van der Waals surface area contributed by atoms with Crippen LogP contribution in [0.4, 0.5) is 0 Å². The van der Waals surface area contributed by atoms with Gasteiger partial charge in [0.05, 0.1) is 12.4 Å². The number of nitrogens with zero attached hydrogens (tertiary/aromatic N) is 1. The van der Waals surface area contributed by atoms with Crippen molar-refractivity contribution in [2.75, 3.05) is 19.3 Å². The van der Waals surface area contributed by atoms with Crippen LogP contribution in [0.25, 0.3) is 0 Å². The number of carboxylic acids is 1. The lowest BCUT2D eigenvalue weighted by Crippen LogP contribution is -2.32. The highest BCUT2D eigenvalue weighted by atomic mass is 32.2. The maximum absolute atomic E-state index is 11.8. The van der Waals surface area contributed by atoms with E-state index in [2.05, 4.69) is 13.8 Å². The molecule has 0 aromatic carbocycles. The fraction of sp³-hybridized carbons (Fsp3) is 0.944. The van der Waals surface area contributed by atoms with Crippen molar-refractivity contribution in [1.82, 2.24) is 4.31 Å². The van der Waals surface area contributed by atoms with Crippen molar-refractivity contribution in [2.45, 2.75) is 84.2 Å². The fourth-order valence-electron chi connectivity index (χ4n) is 2.77. The maximum atomic E-state index is 11.8. The van der Waals surface area contributed by atoms with Gasteiger partial charge in [-0.2, -0.15) is 0 Å². The Balaban J connectivity index is 3.98. The predicted octanol–water partition coefficient (Wildman–Crippen LogP) is 3.25. The number of sulfonamides is 1. The van der Waals surface area contributed by atoms with Crippen LogP contribution in [0.2, 0.25) is 0 Å². The highest BCUT2D eigenvalue weighted by Gasteiger charge is 2.16. The number of carbonyl (C=O) groups is 1. The van der Waals surface area contributed by atoms with Crippen LogP contribution in [0.1, 0.15) is 78.1 Å². The molecule has 0 spiro atoms. The zero-order valence-electron chi connectivity index (χ0n) is 16.1. The minimum atomic E-state index is -3.24. The summed E-state index contributed by atoms with van der Waals surface area (Å²) in [5.74, 6) is -0.145. The summed E-state index contributed by atoms with van der Waals surface area (Å²) in [6.07, 6.45) is 8.23. The summed E-state index contributed by atoms with van der Waals surface area (Å²) < 4.78 is 25.2. The Bertz CT molecular complexity index is 450. The van der Waals surface area contributed by atoms with Gasteiger partial charge in [0.2, 0.25) is 10.0 Å². The molecule has 1 atom stereocenters. The lowest BCUT2D eigenvalue weighted by Gasteiger charge is -2.20. The van der Waals surface area contributed by atoms with Crippen molar-refractivity contribution in [3.8, 4) is 0 Å². The normalized spacial score (nSPS) is 13.5. The number of hydrogen-bond acceptors (Lipinski definition) is 4. The van der Waals surface area contributed by atoms with E-state index in [1.807, 2.05) is 0 Å². The molecule has 0 aromatic rings. The van der Waals surface area contributed by atoms with Gasteiger partial charge >= 0.3 is 5.97 Å². The van der Waals surface area contributed by atoms with Crippen LogP contribution in [0.5, 0.6) is 0 Å². The van der Waals surface area contributed by atoms with Crippen molar-refractivity contribution in [3.63, 3.8) is 0 Å². The third-order valence-corrected chi connectivity index (χ3v) is 5.58. The number of aliphatic hydroxyl groups excluding tert-OH is 1. The molecule has 0 heterocycles. The number of rotatable bonds is 16. The van der Waals surface area contributed by atoms with E-state index in [0.29, 0.717) is 38.3 Å². The van der Waals surface area contributed by atoms with Gasteiger partial charge < -0.3 is 10.2 Å². The molecular formula is C18H37NO5S. The van der Waals surface area contributed by atoms with Crippen molar-refractivity contribution in [3.05, 3.63) is 0 Å². The quantitative estimate of drug-likeness (QED) is 0.401. The van der Waals surface area contributed by atoms with Crippen LogP contribution in [-0.4, -0.2) is 54.4 Å². The highest BCUT2D eigenvalue weighted by Crippen LogP contribution is 2.13. The molecule has 6 nitrogen and oxygen atoms in total. The van der Waals surface area contributed by atoms with E-state index in [1.165, 1.54) is 10.6 Å². The SMILES string of the molecule is CC(C)CCCC(O)CCCN(CCCCCCC(=O)O)S(C)(=O)=O. The summed E-state index contributed by atoms with van der Waals surface area (Å²) in [5, 5.41) is 18.6. The van der Waals surface area contributed by atoms with Gasteiger partial charge in [-0.05, 0) is 38.0 Å². The van der Waals surface area contributed by atoms with E-state index in [1.54, 1.807) is 0 Å². The summed E-state index contributed by atoms with van der Waals surface area (Å²) in [4.78, 5) is 10.4. The fourth-order valence-corrected chi connectivity index (χ4v) is 3.69. The van der Waals surface area contributed by atoms with E-state index in [9.17, 15) is 18.3 Å². The highest BCUT2D eigenvalue weighted by molar-refractivity contribution is 7.88. The molecule has 0 aromatic heterocycles. The van der Waals surface area contributed by atoms with Crippen molar-refractivity contribution in [1.29, 1.82) is 0 Å². The second kappa shape index (κ2) is 13.5. The second-order valence-electron chi connectivity index (χ2n) is 7.34. The molecule has 0 radical (unpaired) electrons. The Kier molecular flexibility index (Phi) is 13.2. The topological polar surface area (TPSA) is 94.9 Å². The Hall–Kier alpha value is -0.660. The first-order valence-electron chi connectivity index (χ1n) is 9.48. The summed E-state index contributed by atoms with van der Waals surface area (Å²) in [7, 11) is -3.24. The van der Waals surface area contributed by atoms with Gasteiger partial charge in [-0.1, -0.05) is 39.5 Å². The van der Waals surface area contributed by atoms with Gasteiger partial charge in [-0.15, -0.1) is 0 Å². The molecule has 1 unspecified atom stereocenters. The van der Waals surface area contributed by atoms with Crippen molar-refractivity contribution >= 4 is 16.0 Å². The molecule has 7 heteroatoms. The first-order chi connectivity index (χ1) is 11.6. The van der Waals surface area contributed by atoms with E-state index >= 15 is 0 Å². The molecule has 0 fully saturated rings. The third kappa shape index (κ3) is 15.3. The lowest BCUT2D eigenvalue weighted by molar-refractivity contribution is -0.137. The molecule has 150 valence electrons. The molecular weight excluding hydrogens is 342 g/mol. The molecule has 2 N–H and O–H groups in total. The van der Waals surface area contributed by atoms with Gasteiger partial charge in [0.25, 0.3) is 0 Å². The summed E-state index contributed by atoms with van der Waals surface area (Å²) in [6.45, 7) is 5.24. The van der Waals surface area contributed by atoms with Gasteiger partial charge in [0.15, 0.2) is 0 Å². The monoisotopic (exact) mass is 379 g/mol. The first-order valence-corrected chi connectivity index (χ1v) is 11.3. The zero-order chi connectivity index (χ0) is 19.3. The Labute approximate surface area is 153 Å². The number of aliphatic hydroxyl groups is 1. The van der Waals surface area contributed by atoms with Gasteiger partial charge in [-0.3, -0.25) is 4.79 Å². The van der Waals surface area contributed by atoms with Crippen LogP contribution < -0.4 is 0 Å². The van der Waals surface area contributed by atoms with E-state index in [0.717, 1.165) is 38.5 Å². The second-order valence-corrected chi connectivity index (χ2v) is 9.32. The summed E-state index contributed by atoms with van der Waals surface area (Å²) in [5.41, 5.74) is 0. The van der Waals surface area contributed by atoms with Gasteiger partial charge in [0.1, 0.15) is 0 Å². The van der Waals surface area contributed by atoms with Crippen LogP contribution in [0.3, 0.4) is 0 Å². The molecule has 0 bridgehead atoms. The molecule has 0 saturated heterocycles. The van der Waals surface area contributed by atoms with Crippen LogP contribution in [0, 0.1) is 5.92 Å². The third-order valence-electron chi connectivity index (χ3n) is 4.28. The molecule has 0 aliphatic carbocycles. The Morgan fingerprint density at radius 3 is 2.04 bits per heavy atom. The first kappa shape index (κ1) is 24.3. The average Bonchev–Trinajstić information content (AvgIpc) is 2.46. The van der Waals surface area contributed by atoms with Crippen molar-refractivity contribution < 1.29 is 23.4 Å². The van der Waals surface area contributed by atoms with E-state index in [4.69, 9.17) is 5.11 Å². The molecule has 0 saturated carbocycles. The zero-order valence-corrected chi connectivity index (χ0v) is 16.9. The Morgan fingerprint density at radius 2 is 1.48 bits per heavy atom. The number of unbranched alkanes of at least 4 members (excludes halogenated alkanes) is 3. The van der Waals surface area contributed by atoms with E-state index < -0.39 is 16.0 Å². The molecule has 0 aliphatic heterocycles. The summed E-state index contributed by atoms with van der Waals surface area (Å²) in [6, 6.07) is 0. The molecule has 25 heavy (non-hydrogen) atoms.